The second kappa shape index (κ2) is 4.85. The molecule has 1 aliphatic rings. The summed E-state index contributed by atoms with van der Waals surface area (Å²) >= 11 is 6.09. The molecular weight excluding hydrogens is 226 g/mol. The van der Waals surface area contributed by atoms with Crippen molar-refractivity contribution in [3.8, 4) is 0 Å². The van der Waals surface area contributed by atoms with Crippen molar-refractivity contribution in [3.63, 3.8) is 0 Å². The van der Waals surface area contributed by atoms with Crippen molar-refractivity contribution < 1.29 is 9.90 Å². The lowest BCUT2D eigenvalue weighted by molar-refractivity contribution is -0.136. The van der Waals surface area contributed by atoms with Gasteiger partial charge in [-0.2, -0.15) is 0 Å². The van der Waals surface area contributed by atoms with Gasteiger partial charge in [0.2, 0.25) is 0 Å². The van der Waals surface area contributed by atoms with E-state index in [1.807, 2.05) is 24.3 Å². The van der Waals surface area contributed by atoms with Gasteiger partial charge in [0.25, 0.3) is 0 Å². The van der Waals surface area contributed by atoms with E-state index in [1.54, 1.807) is 0 Å². The highest BCUT2D eigenvalue weighted by Crippen LogP contribution is 2.39. The molecule has 0 spiro atoms. The summed E-state index contributed by atoms with van der Waals surface area (Å²) < 4.78 is 0. The zero-order valence-corrected chi connectivity index (χ0v) is 9.57. The van der Waals surface area contributed by atoms with E-state index in [0.29, 0.717) is 12.0 Å². The molecule has 2 rings (SSSR count). The molecule has 0 amide bonds. The predicted octanol–water partition coefficient (Wildman–Crippen LogP) is 2.26. The number of benzene rings is 1. The van der Waals surface area contributed by atoms with Crippen molar-refractivity contribution >= 4 is 17.6 Å². The molecule has 0 aromatic heterocycles. The van der Waals surface area contributed by atoms with Crippen LogP contribution in [-0.2, 0) is 4.79 Å². The third-order valence-corrected chi connectivity index (χ3v) is 3.37. The molecule has 3 nitrogen and oxygen atoms in total. The van der Waals surface area contributed by atoms with E-state index >= 15 is 0 Å². The van der Waals surface area contributed by atoms with Gasteiger partial charge in [0.1, 0.15) is 0 Å². The average Bonchev–Trinajstić information content (AvgIpc) is 2.17. The van der Waals surface area contributed by atoms with E-state index in [1.165, 1.54) is 5.56 Å². The van der Waals surface area contributed by atoms with Crippen LogP contribution < -0.4 is 5.32 Å². The van der Waals surface area contributed by atoms with Crippen LogP contribution in [-0.4, -0.2) is 23.7 Å². The molecule has 0 heterocycles. The van der Waals surface area contributed by atoms with Crippen LogP contribution in [0.25, 0.3) is 0 Å². The fourth-order valence-corrected chi connectivity index (χ4v) is 2.37. The monoisotopic (exact) mass is 239 g/mol. The predicted molar refractivity (Wildman–Crippen MR) is 62.9 cm³/mol. The number of carboxylic acids is 1. The molecule has 1 aliphatic carbocycles. The Balaban J connectivity index is 1.84. The molecule has 16 heavy (non-hydrogen) atoms. The van der Waals surface area contributed by atoms with Gasteiger partial charge in [-0.3, -0.25) is 4.79 Å². The van der Waals surface area contributed by atoms with Gasteiger partial charge in [-0.05, 0) is 30.4 Å². The van der Waals surface area contributed by atoms with E-state index < -0.39 is 5.97 Å². The van der Waals surface area contributed by atoms with Crippen molar-refractivity contribution in [3.05, 3.63) is 34.9 Å². The van der Waals surface area contributed by atoms with E-state index in [9.17, 15) is 4.79 Å². The normalized spacial score (nSPS) is 23.8. The van der Waals surface area contributed by atoms with Gasteiger partial charge in [-0.1, -0.05) is 29.8 Å². The topological polar surface area (TPSA) is 49.3 Å². The summed E-state index contributed by atoms with van der Waals surface area (Å²) in [6.45, 7) is 0.0416. The zero-order chi connectivity index (χ0) is 11.5. The van der Waals surface area contributed by atoms with Crippen LogP contribution in [0.2, 0.25) is 5.02 Å². The summed E-state index contributed by atoms with van der Waals surface area (Å²) in [6.07, 6.45) is 1.94. The number of carboxylic acid groups (broad SMARTS) is 1. The summed E-state index contributed by atoms with van der Waals surface area (Å²) in [5.74, 6) is -0.332. The maximum Gasteiger partial charge on any atom is 0.317 e. The number of hydrogen-bond acceptors (Lipinski definition) is 2. The highest BCUT2D eigenvalue weighted by atomic mass is 35.5. The lowest BCUT2D eigenvalue weighted by Crippen LogP contribution is -2.42. The first-order valence-corrected chi connectivity index (χ1v) is 5.74. The van der Waals surface area contributed by atoms with E-state index in [2.05, 4.69) is 5.32 Å². The van der Waals surface area contributed by atoms with Crippen molar-refractivity contribution in [1.82, 2.24) is 5.32 Å². The van der Waals surface area contributed by atoms with Crippen molar-refractivity contribution in [2.45, 2.75) is 24.8 Å². The van der Waals surface area contributed by atoms with Crippen molar-refractivity contribution in [2.24, 2.45) is 0 Å². The minimum absolute atomic E-state index is 0.0416. The Morgan fingerprint density at radius 2 is 2.12 bits per heavy atom. The highest BCUT2D eigenvalue weighted by Gasteiger charge is 2.31. The van der Waals surface area contributed by atoms with E-state index in [0.717, 1.165) is 17.9 Å². The van der Waals surface area contributed by atoms with E-state index in [-0.39, 0.29) is 6.54 Å². The molecule has 4 heteroatoms. The summed E-state index contributed by atoms with van der Waals surface area (Å²) in [7, 11) is 0. The van der Waals surface area contributed by atoms with Gasteiger partial charge in [-0.15, -0.1) is 0 Å². The Hall–Kier alpha value is -1.06. The molecule has 1 fully saturated rings. The molecular formula is C12H14ClNO2. The SMILES string of the molecule is O=C(O)CNC1CC(c2ccccc2Cl)C1. The largest absolute Gasteiger partial charge is 0.480 e. The van der Waals surface area contributed by atoms with Crippen LogP contribution in [0, 0.1) is 0 Å². The summed E-state index contributed by atoms with van der Waals surface area (Å²) in [6, 6.07) is 8.16. The van der Waals surface area contributed by atoms with Gasteiger partial charge in [-0.25, -0.2) is 0 Å². The smallest absolute Gasteiger partial charge is 0.317 e. The van der Waals surface area contributed by atoms with Gasteiger partial charge in [0.05, 0.1) is 6.54 Å². The molecule has 0 atom stereocenters. The molecule has 1 aromatic carbocycles. The van der Waals surface area contributed by atoms with Crippen LogP contribution in [0.5, 0.6) is 0 Å². The Kier molecular flexibility index (Phi) is 3.46. The van der Waals surface area contributed by atoms with Crippen LogP contribution >= 0.6 is 11.6 Å². The Morgan fingerprint density at radius 1 is 1.44 bits per heavy atom. The van der Waals surface area contributed by atoms with Crippen LogP contribution in [0.1, 0.15) is 24.3 Å². The van der Waals surface area contributed by atoms with Crippen molar-refractivity contribution in [2.75, 3.05) is 6.54 Å². The Bertz CT molecular complexity index is 388. The summed E-state index contributed by atoms with van der Waals surface area (Å²) in [4.78, 5) is 10.4. The van der Waals surface area contributed by atoms with Gasteiger partial charge in [0.15, 0.2) is 0 Å². The first kappa shape index (κ1) is 11.4. The Labute approximate surface area is 99.4 Å². The van der Waals surface area contributed by atoms with Crippen molar-refractivity contribution in [1.29, 1.82) is 0 Å². The van der Waals surface area contributed by atoms with E-state index in [4.69, 9.17) is 16.7 Å². The second-order valence-electron chi connectivity index (χ2n) is 4.16. The first-order valence-electron chi connectivity index (χ1n) is 5.36. The molecule has 2 N–H and O–H groups in total. The molecule has 0 radical (unpaired) electrons. The summed E-state index contributed by atoms with van der Waals surface area (Å²) in [5, 5.41) is 12.3. The van der Waals surface area contributed by atoms with Crippen LogP contribution in [0.3, 0.4) is 0 Å². The number of nitrogens with one attached hydrogen (secondary N) is 1. The fraction of sp³-hybridized carbons (Fsp3) is 0.417. The number of rotatable bonds is 4. The second-order valence-corrected chi connectivity index (χ2v) is 4.57. The third-order valence-electron chi connectivity index (χ3n) is 3.03. The molecule has 0 bridgehead atoms. The van der Waals surface area contributed by atoms with Crippen LogP contribution in [0.4, 0.5) is 0 Å². The molecule has 0 aliphatic heterocycles. The summed E-state index contributed by atoms with van der Waals surface area (Å²) in [5.41, 5.74) is 1.18. The molecule has 0 saturated heterocycles. The highest BCUT2D eigenvalue weighted by molar-refractivity contribution is 6.31. The van der Waals surface area contributed by atoms with Crippen LogP contribution in [0.15, 0.2) is 24.3 Å². The number of hydrogen-bond donors (Lipinski definition) is 2. The standard InChI is InChI=1S/C12H14ClNO2/c13-11-4-2-1-3-10(11)8-5-9(6-8)14-7-12(15)16/h1-4,8-9,14H,5-7H2,(H,15,16). The number of halogens is 1. The number of carbonyl (C=O) groups is 1. The molecule has 0 unspecified atom stereocenters. The molecule has 86 valence electrons. The van der Waals surface area contributed by atoms with Gasteiger partial charge < -0.3 is 10.4 Å². The minimum Gasteiger partial charge on any atom is -0.480 e. The molecule has 1 saturated carbocycles. The van der Waals surface area contributed by atoms with Gasteiger partial charge >= 0.3 is 5.97 Å². The first-order chi connectivity index (χ1) is 7.66. The van der Waals surface area contributed by atoms with Gasteiger partial charge in [0, 0.05) is 11.1 Å². The lowest BCUT2D eigenvalue weighted by Gasteiger charge is -2.36. The number of aliphatic carboxylic acids is 1. The fourth-order valence-electron chi connectivity index (χ4n) is 2.08. The molecule has 1 aromatic rings. The minimum atomic E-state index is -0.804. The maximum atomic E-state index is 10.4. The average molecular weight is 240 g/mol. The zero-order valence-electron chi connectivity index (χ0n) is 8.82. The third kappa shape index (κ3) is 2.54. The quantitative estimate of drug-likeness (QED) is 0.848. The maximum absolute atomic E-state index is 10.4. The lowest BCUT2D eigenvalue weighted by atomic mass is 9.76. The Morgan fingerprint density at radius 3 is 2.75 bits per heavy atom.